The zero-order chi connectivity index (χ0) is 10.2. The number of nitrogens with one attached hydrogen (secondary N) is 2. The Kier molecular flexibility index (Phi) is 2.47. The molecule has 0 radical (unpaired) electrons. The van der Waals surface area contributed by atoms with Crippen molar-refractivity contribution in [3.63, 3.8) is 0 Å². The lowest BCUT2D eigenvalue weighted by Crippen LogP contribution is -2.60. The molecule has 2 heterocycles. The van der Waals surface area contributed by atoms with Gasteiger partial charge in [-0.1, -0.05) is 0 Å². The maximum atomic E-state index is 10.7. The summed E-state index contributed by atoms with van der Waals surface area (Å²) in [6.45, 7) is 5.10. The van der Waals surface area contributed by atoms with Crippen LogP contribution in [0.5, 0.6) is 0 Å². The quantitative estimate of drug-likeness (QED) is 0.511. The average molecular weight is 199 g/mol. The third kappa shape index (κ3) is 1.89. The van der Waals surface area contributed by atoms with Crippen LogP contribution in [0.3, 0.4) is 0 Å². The summed E-state index contributed by atoms with van der Waals surface area (Å²) in [7, 11) is 0. The van der Waals surface area contributed by atoms with Crippen LogP contribution in [-0.2, 0) is 4.79 Å². The van der Waals surface area contributed by atoms with Crippen molar-refractivity contribution in [2.75, 3.05) is 26.2 Å². The van der Waals surface area contributed by atoms with E-state index in [1.807, 2.05) is 4.90 Å². The molecule has 5 nitrogen and oxygen atoms in total. The molecule has 2 unspecified atom stereocenters. The van der Waals surface area contributed by atoms with Gasteiger partial charge in [0.2, 0.25) is 0 Å². The summed E-state index contributed by atoms with van der Waals surface area (Å²) in [5, 5.41) is 15.4. The second kappa shape index (κ2) is 3.49. The Morgan fingerprint density at radius 1 is 1.71 bits per heavy atom. The van der Waals surface area contributed by atoms with Gasteiger partial charge in [0, 0.05) is 13.1 Å². The molecule has 2 aliphatic heterocycles. The van der Waals surface area contributed by atoms with Gasteiger partial charge in [-0.05, 0) is 19.9 Å². The van der Waals surface area contributed by atoms with E-state index in [2.05, 4.69) is 17.6 Å². The second-order valence-corrected chi connectivity index (χ2v) is 4.35. The highest BCUT2D eigenvalue weighted by Crippen LogP contribution is 2.25. The SMILES string of the molecule is CC1(C2NCCCN2CC(=O)O)CN1. The number of aliphatic carboxylic acids is 1. The summed E-state index contributed by atoms with van der Waals surface area (Å²) in [6.07, 6.45) is 1.20. The molecule has 2 fully saturated rings. The van der Waals surface area contributed by atoms with Gasteiger partial charge in [0.05, 0.1) is 18.2 Å². The van der Waals surface area contributed by atoms with Crippen LogP contribution < -0.4 is 10.6 Å². The van der Waals surface area contributed by atoms with Crippen LogP contribution >= 0.6 is 0 Å². The predicted octanol–water partition coefficient (Wildman–Crippen LogP) is -0.946. The number of nitrogens with zero attached hydrogens (tertiary/aromatic N) is 1. The highest BCUT2D eigenvalue weighted by atomic mass is 16.4. The molecule has 0 aromatic carbocycles. The first-order chi connectivity index (χ1) is 6.62. The van der Waals surface area contributed by atoms with Crippen molar-refractivity contribution in [1.29, 1.82) is 0 Å². The van der Waals surface area contributed by atoms with Crippen molar-refractivity contribution in [2.45, 2.75) is 25.0 Å². The largest absolute Gasteiger partial charge is 0.480 e. The van der Waals surface area contributed by atoms with E-state index in [0.717, 1.165) is 26.1 Å². The summed E-state index contributed by atoms with van der Waals surface area (Å²) in [5.74, 6) is -0.747. The van der Waals surface area contributed by atoms with Crippen molar-refractivity contribution < 1.29 is 9.90 Å². The van der Waals surface area contributed by atoms with Gasteiger partial charge in [-0.25, -0.2) is 0 Å². The Morgan fingerprint density at radius 2 is 2.43 bits per heavy atom. The van der Waals surface area contributed by atoms with Crippen molar-refractivity contribution in [1.82, 2.24) is 15.5 Å². The van der Waals surface area contributed by atoms with Crippen molar-refractivity contribution >= 4 is 5.97 Å². The normalized spacial score (nSPS) is 38.2. The minimum atomic E-state index is -0.747. The number of carbonyl (C=O) groups is 1. The number of carboxylic acid groups (broad SMARTS) is 1. The Hall–Kier alpha value is -0.650. The third-order valence-corrected chi connectivity index (χ3v) is 3.00. The molecule has 5 heteroatoms. The highest BCUT2D eigenvalue weighted by Gasteiger charge is 2.48. The molecular formula is C9H17N3O2. The molecule has 2 atom stereocenters. The van der Waals surface area contributed by atoms with Crippen LogP contribution in [0.4, 0.5) is 0 Å². The van der Waals surface area contributed by atoms with Gasteiger partial charge in [0.25, 0.3) is 0 Å². The van der Waals surface area contributed by atoms with Crippen LogP contribution in [0.2, 0.25) is 0 Å². The summed E-state index contributed by atoms with van der Waals surface area (Å²) in [5.41, 5.74) is 0.0792. The smallest absolute Gasteiger partial charge is 0.317 e. The van der Waals surface area contributed by atoms with Crippen molar-refractivity contribution in [3.05, 3.63) is 0 Å². The van der Waals surface area contributed by atoms with Crippen LogP contribution in [0, 0.1) is 0 Å². The minimum absolute atomic E-state index is 0.0792. The van der Waals surface area contributed by atoms with Crippen molar-refractivity contribution in [2.24, 2.45) is 0 Å². The summed E-state index contributed by atoms with van der Waals surface area (Å²) in [4.78, 5) is 12.7. The van der Waals surface area contributed by atoms with Gasteiger partial charge < -0.3 is 15.7 Å². The lowest BCUT2D eigenvalue weighted by atomic mass is 10.1. The monoisotopic (exact) mass is 199 g/mol. The van der Waals surface area contributed by atoms with E-state index in [9.17, 15) is 4.79 Å². The average Bonchev–Trinajstić information content (AvgIpc) is 2.84. The fraction of sp³-hybridized carbons (Fsp3) is 0.889. The highest BCUT2D eigenvalue weighted by molar-refractivity contribution is 5.69. The van der Waals surface area contributed by atoms with E-state index in [-0.39, 0.29) is 18.2 Å². The van der Waals surface area contributed by atoms with Gasteiger partial charge in [-0.2, -0.15) is 0 Å². The maximum Gasteiger partial charge on any atom is 0.317 e. The van der Waals surface area contributed by atoms with Gasteiger partial charge in [0.15, 0.2) is 0 Å². The maximum absolute atomic E-state index is 10.7. The Labute approximate surface area is 83.5 Å². The number of hydrogen-bond acceptors (Lipinski definition) is 4. The Morgan fingerprint density at radius 3 is 3.00 bits per heavy atom. The zero-order valence-corrected chi connectivity index (χ0v) is 8.42. The Balaban J connectivity index is 2.00. The van der Waals surface area contributed by atoms with E-state index in [0.29, 0.717) is 0 Å². The first kappa shape index (κ1) is 9.89. The molecule has 0 bridgehead atoms. The molecule has 2 aliphatic rings. The molecule has 0 aromatic rings. The van der Waals surface area contributed by atoms with Crippen LogP contribution in [-0.4, -0.2) is 53.9 Å². The minimum Gasteiger partial charge on any atom is -0.480 e. The summed E-state index contributed by atoms with van der Waals surface area (Å²) < 4.78 is 0. The predicted molar refractivity (Wildman–Crippen MR) is 52.0 cm³/mol. The fourth-order valence-corrected chi connectivity index (χ4v) is 2.08. The van der Waals surface area contributed by atoms with E-state index < -0.39 is 5.97 Å². The topological polar surface area (TPSA) is 74.5 Å². The standard InChI is InChI=1S/C9H17N3O2/c1-9(6-11-9)8-10-3-2-4-12(8)5-7(13)14/h8,10-11H,2-6H2,1H3,(H,13,14). The van der Waals surface area contributed by atoms with Crippen LogP contribution in [0.15, 0.2) is 0 Å². The Bertz CT molecular complexity index is 240. The van der Waals surface area contributed by atoms with Crippen molar-refractivity contribution in [3.8, 4) is 0 Å². The second-order valence-electron chi connectivity index (χ2n) is 4.35. The molecule has 0 aliphatic carbocycles. The molecule has 0 saturated carbocycles. The summed E-state index contributed by atoms with van der Waals surface area (Å²) >= 11 is 0. The first-order valence-electron chi connectivity index (χ1n) is 5.06. The first-order valence-corrected chi connectivity index (χ1v) is 5.06. The van der Waals surface area contributed by atoms with E-state index in [1.165, 1.54) is 0 Å². The van der Waals surface area contributed by atoms with Gasteiger partial charge in [0.1, 0.15) is 0 Å². The number of carboxylic acids is 1. The molecule has 2 rings (SSSR count). The molecule has 14 heavy (non-hydrogen) atoms. The zero-order valence-electron chi connectivity index (χ0n) is 8.42. The lowest BCUT2D eigenvalue weighted by Gasteiger charge is -2.38. The molecule has 2 saturated heterocycles. The third-order valence-electron chi connectivity index (χ3n) is 3.00. The molecule has 0 spiro atoms. The van der Waals surface area contributed by atoms with Gasteiger partial charge in [-0.15, -0.1) is 0 Å². The molecule has 0 aromatic heterocycles. The van der Waals surface area contributed by atoms with Gasteiger partial charge >= 0.3 is 5.97 Å². The summed E-state index contributed by atoms with van der Waals surface area (Å²) in [6, 6.07) is 0. The van der Waals surface area contributed by atoms with E-state index >= 15 is 0 Å². The van der Waals surface area contributed by atoms with Crippen LogP contribution in [0.1, 0.15) is 13.3 Å². The van der Waals surface area contributed by atoms with Crippen LogP contribution in [0.25, 0.3) is 0 Å². The van der Waals surface area contributed by atoms with E-state index in [1.54, 1.807) is 0 Å². The molecular weight excluding hydrogens is 182 g/mol. The lowest BCUT2D eigenvalue weighted by molar-refractivity contribution is -0.139. The fourth-order valence-electron chi connectivity index (χ4n) is 2.08. The number of rotatable bonds is 3. The molecule has 3 N–H and O–H groups in total. The number of hydrogen-bond donors (Lipinski definition) is 3. The molecule has 0 amide bonds. The van der Waals surface area contributed by atoms with E-state index in [4.69, 9.17) is 5.11 Å². The molecule has 80 valence electrons. The van der Waals surface area contributed by atoms with Gasteiger partial charge in [-0.3, -0.25) is 9.69 Å².